The molecule has 0 aliphatic carbocycles. The zero-order valence-corrected chi connectivity index (χ0v) is 23.5. The van der Waals surface area contributed by atoms with Crippen LogP contribution in [-0.2, 0) is 33.8 Å². The van der Waals surface area contributed by atoms with Crippen LogP contribution in [-0.4, -0.2) is 16.2 Å². The van der Waals surface area contributed by atoms with Crippen molar-refractivity contribution >= 4 is 34.6 Å². The van der Waals surface area contributed by atoms with Gasteiger partial charge in [0.25, 0.3) is 5.56 Å². The Balaban J connectivity index is 1.48. The number of hydrogen-bond acceptors (Lipinski definition) is 5. The van der Waals surface area contributed by atoms with Crippen molar-refractivity contribution in [2.24, 2.45) is 7.05 Å². The van der Waals surface area contributed by atoms with Crippen LogP contribution in [0.5, 0.6) is 0 Å². The van der Waals surface area contributed by atoms with Gasteiger partial charge in [-0.15, -0.1) is 0 Å². The van der Waals surface area contributed by atoms with Crippen molar-refractivity contribution < 1.29 is 13.6 Å². The van der Waals surface area contributed by atoms with Gasteiger partial charge in [-0.25, -0.2) is 14.6 Å². The lowest BCUT2D eigenvalue weighted by Crippen LogP contribution is -2.20. The smallest absolute Gasteiger partial charge is 0.297 e. The highest BCUT2D eigenvalue weighted by Crippen LogP contribution is 2.45. The van der Waals surface area contributed by atoms with Gasteiger partial charge in [-0.3, -0.25) is 18.4 Å². The van der Waals surface area contributed by atoms with Gasteiger partial charge < -0.3 is 0 Å². The van der Waals surface area contributed by atoms with E-state index >= 15 is 0 Å². The molecule has 0 bridgehead atoms. The van der Waals surface area contributed by atoms with Crippen molar-refractivity contribution in [2.75, 3.05) is 6.61 Å². The Morgan fingerprint density at radius 2 is 1.73 bits per heavy atom. The zero-order valence-electron chi connectivity index (χ0n) is 21.0. The van der Waals surface area contributed by atoms with Crippen LogP contribution in [0.3, 0.4) is 0 Å². The molecule has 0 radical (unpaired) electrons. The largest absolute Gasteiger partial charge is 0.406 e. The van der Waals surface area contributed by atoms with Crippen molar-refractivity contribution in [2.45, 2.75) is 39.3 Å². The number of fused-ring (bicyclic) bond motifs is 1. The zero-order chi connectivity index (χ0) is 26.3. The predicted octanol–water partition coefficient (Wildman–Crippen LogP) is 6.98. The number of hydrogen-bond donors (Lipinski definition) is 1. The van der Waals surface area contributed by atoms with Gasteiger partial charge in [-0.1, -0.05) is 90.3 Å². The summed E-state index contributed by atoms with van der Waals surface area (Å²) < 4.78 is 27.4. The lowest BCUT2D eigenvalue weighted by Gasteiger charge is -2.20. The molecule has 3 aromatic carbocycles. The van der Waals surface area contributed by atoms with Crippen LogP contribution in [0, 0.1) is 0 Å². The maximum Gasteiger partial charge on any atom is 0.406 e. The van der Waals surface area contributed by atoms with Gasteiger partial charge in [0.2, 0.25) is 0 Å². The standard InChI is InChI=1S/C28H31BrN3O4P/c1-3-4-8-17-35-37(34,30-19-21-9-6-5-7-10-21)36-20-22-11-13-23(14-12-22)27-31-26-18-24(29)15-16-25(26)28(33)32(27)2/h5-7,9-16,18H,3-4,8,17,19-20H2,1-2H3,(H,30,34). The minimum absolute atomic E-state index is 0.106. The third kappa shape index (κ3) is 7.24. The van der Waals surface area contributed by atoms with E-state index in [0.29, 0.717) is 29.9 Å². The molecule has 7 nitrogen and oxygen atoms in total. The molecule has 4 aromatic rings. The normalized spacial score (nSPS) is 13.1. The summed E-state index contributed by atoms with van der Waals surface area (Å²) in [4.78, 5) is 17.6. The quantitative estimate of drug-likeness (QED) is 0.143. The van der Waals surface area contributed by atoms with Crippen molar-refractivity contribution in [3.8, 4) is 11.4 Å². The van der Waals surface area contributed by atoms with E-state index in [1.807, 2.05) is 66.7 Å². The fraction of sp³-hybridized carbons (Fsp3) is 0.286. The highest BCUT2D eigenvalue weighted by molar-refractivity contribution is 9.10. The first-order valence-electron chi connectivity index (χ1n) is 12.3. The molecule has 9 heteroatoms. The number of nitrogens with zero attached hydrogens (tertiary/aromatic N) is 2. The molecule has 0 amide bonds. The molecular weight excluding hydrogens is 553 g/mol. The Labute approximate surface area is 225 Å². The summed E-state index contributed by atoms with van der Waals surface area (Å²) in [6, 6.07) is 22.7. The van der Waals surface area contributed by atoms with Gasteiger partial charge >= 0.3 is 7.75 Å². The van der Waals surface area contributed by atoms with Crippen LogP contribution in [0.25, 0.3) is 22.3 Å². The van der Waals surface area contributed by atoms with Gasteiger partial charge in [0.1, 0.15) is 5.82 Å². The summed E-state index contributed by atoms with van der Waals surface area (Å²) in [7, 11) is -1.80. The van der Waals surface area contributed by atoms with Crippen molar-refractivity contribution in [3.63, 3.8) is 0 Å². The van der Waals surface area contributed by atoms with Crippen LogP contribution in [0.4, 0.5) is 0 Å². The first kappa shape index (κ1) is 27.4. The van der Waals surface area contributed by atoms with E-state index in [1.165, 1.54) is 0 Å². The van der Waals surface area contributed by atoms with E-state index in [9.17, 15) is 9.36 Å². The maximum atomic E-state index is 13.4. The molecule has 4 rings (SSSR count). The molecule has 0 spiro atoms. The van der Waals surface area contributed by atoms with Gasteiger partial charge in [0, 0.05) is 23.6 Å². The molecule has 37 heavy (non-hydrogen) atoms. The molecule has 0 aliphatic heterocycles. The number of aromatic nitrogens is 2. The van der Waals surface area contributed by atoms with Crippen molar-refractivity contribution in [3.05, 3.63) is 98.7 Å². The van der Waals surface area contributed by atoms with Crippen molar-refractivity contribution in [1.82, 2.24) is 14.6 Å². The van der Waals surface area contributed by atoms with Gasteiger partial charge in [-0.05, 0) is 35.7 Å². The summed E-state index contributed by atoms with van der Waals surface area (Å²) in [5.74, 6) is 0.567. The minimum Gasteiger partial charge on any atom is -0.297 e. The molecule has 1 unspecified atom stereocenters. The average Bonchev–Trinajstić information content (AvgIpc) is 2.92. The number of benzene rings is 3. The number of rotatable bonds is 12. The molecular formula is C28H31BrN3O4P. The third-order valence-corrected chi connectivity index (χ3v) is 8.01. The van der Waals surface area contributed by atoms with E-state index < -0.39 is 7.75 Å². The number of nitrogens with one attached hydrogen (secondary N) is 1. The summed E-state index contributed by atoms with van der Waals surface area (Å²) in [5, 5.41) is 3.56. The average molecular weight is 584 g/mol. The van der Waals surface area contributed by atoms with Crippen LogP contribution in [0.2, 0.25) is 0 Å². The Bertz CT molecular complexity index is 1440. The van der Waals surface area contributed by atoms with E-state index in [2.05, 4.69) is 27.9 Å². The number of halogens is 1. The molecule has 0 saturated heterocycles. The molecule has 1 aromatic heterocycles. The van der Waals surface area contributed by atoms with E-state index in [4.69, 9.17) is 14.0 Å². The Morgan fingerprint density at radius 1 is 0.973 bits per heavy atom. The molecule has 0 fully saturated rings. The lowest BCUT2D eigenvalue weighted by molar-refractivity contribution is 0.186. The van der Waals surface area contributed by atoms with Crippen LogP contribution in [0.1, 0.15) is 37.3 Å². The van der Waals surface area contributed by atoms with E-state index in [0.717, 1.165) is 40.4 Å². The molecule has 1 N–H and O–H groups in total. The summed E-state index contributed by atoms with van der Waals surface area (Å²) in [5.41, 5.74) is 3.15. The highest BCUT2D eigenvalue weighted by atomic mass is 79.9. The van der Waals surface area contributed by atoms with Crippen LogP contribution in [0.15, 0.2) is 82.1 Å². The SMILES string of the molecule is CCCCCOP(=O)(NCc1ccccc1)OCc1ccc(-c2nc3cc(Br)ccc3c(=O)n2C)cc1. The first-order chi connectivity index (χ1) is 17.9. The molecule has 194 valence electrons. The predicted molar refractivity (Wildman–Crippen MR) is 151 cm³/mol. The van der Waals surface area contributed by atoms with E-state index in [-0.39, 0.29) is 12.2 Å². The van der Waals surface area contributed by atoms with E-state index in [1.54, 1.807) is 17.7 Å². The Morgan fingerprint density at radius 3 is 2.46 bits per heavy atom. The molecule has 0 saturated carbocycles. The van der Waals surface area contributed by atoms with Crippen LogP contribution < -0.4 is 10.6 Å². The molecule has 0 aliphatic rings. The van der Waals surface area contributed by atoms with Crippen LogP contribution >= 0.6 is 23.7 Å². The third-order valence-electron chi connectivity index (χ3n) is 5.98. The molecule has 1 atom stereocenters. The second-order valence-corrected chi connectivity index (χ2v) is 11.5. The van der Waals surface area contributed by atoms with Gasteiger partial charge in [0.05, 0.1) is 24.1 Å². The van der Waals surface area contributed by atoms with Gasteiger partial charge in [0.15, 0.2) is 0 Å². The van der Waals surface area contributed by atoms with Crippen molar-refractivity contribution in [1.29, 1.82) is 0 Å². The summed E-state index contributed by atoms with van der Waals surface area (Å²) in [6.07, 6.45) is 2.87. The lowest BCUT2D eigenvalue weighted by atomic mass is 10.1. The first-order valence-corrected chi connectivity index (χ1v) is 14.7. The number of unbranched alkanes of at least 4 members (excludes halogenated alkanes) is 2. The fourth-order valence-corrected chi connectivity index (χ4v) is 5.53. The Hall–Kier alpha value is -2.61. The van der Waals surface area contributed by atoms with Gasteiger partial charge in [-0.2, -0.15) is 0 Å². The summed E-state index contributed by atoms with van der Waals surface area (Å²) >= 11 is 3.45. The fourth-order valence-electron chi connectivity index (χ4n) is 3.86. The topological polar surface area (TPSA) is 82.5 Å². The summed E-state index contributed by atoms with van der Waals surface area (Å²) in [6.45, 7) is 2.97. The molecule has 1 heterocycles. The second kappa shape index (κ2) is 12.8. The second-order valence-electron chi connectivity index (χ2n) is 8.79. The maximum absolute atomic E-state index is 13.4. The minimum atomic E-state index is -3.52. The Kier molecular flexibility index (Phi) is 9.46. The monoisotopic (exact) mass is 583 g/mol. The highest BCUT2D eigenvalue weighted by Gasteiger charge is 2.24.